The van der Waals surface area contributed by atoms with Gasteiger partial charge in [-0.3, -0.25) is 9.80 Å². The number of nitrogens with zero attached hydrogens (tertiary/aromatic N) is 2. The summed E-state index contributed by atoms with van der Waals surface area (Å²) in [6.45, 7) is 15.3. The molecule has 4 saturated carbocycles. The topological polar surface area (TPSA) is 30.5 Å². The highest BCUT2D eigenvalue weighted by Crippen LogP contribution is 2.69. The molecule has 2 heterocycles. The van der Waals surface area contributed by atoms with E-state index in [1.54, 1.807) is 0 Å². The number of fused-ring (bicyclic) bond motifs is 5. The van der Waals surface area contributed by atoms with E-state index in [0.717, 1.165) is 23.7 Å². The SMILES string of the molecule is C[C@]12CC[C@H]3[C@@H](CC[C@H]4CCCC[C@@]43C)[C@@H]1C(N1CCNCC1)(N1CCNCC1)CC2. The zero-order chi connectivity index (χ0) is 21.1. The van der Waals surface area contributed by atoms with Crippen molar-refractivity contribution in [3.63, 3.8) is 0 Å². The predicted octanol–water partition coefficient (Wildman–Crippen LogP) is 3.93. The lowest BCUT2D eigenvalue weighted by molar-refractivity contribution is -0.181. The van der Waals surface area contributed by atoms with E-state index in [9.17, 15) is 0 Å². The van der Waals surface area contributed by atoms with Gasteiger partial charge in [0.05, 0.1) is 5.66 Å². The van der Waals surface area contributed by atoms with Crippen LogP contribution in [-0.2, 0) is 0 Å². The zero-order valence-corrected chi connectivity index (χ0v) is 20.4. The van der Waals surface area contributed by atoms with Crippen LogP contribution in [-0.4, -0.2) is 67.8 Å². The maximum atomic E-state index is 3.67. The van der Waals surface area contributed by atoms with E-state index in [0.29, 0.717) is 16.5 Å². The summed E-state index contributed by atoms with van der Waals surface area (Å²) < 4.78 is 0. The van der Waals surface area contributed by atoms with Gasteiger partial charge in [-0.15, -0.1) is 0 Å². The summed E-state index contributed by atoms with van der Waals surface area (Å²) in [4.78, 5) is 6.03. The van der Waals surface area contributed by atoms with Crippen LogP contribution in [0.15, 0.2) is 0 Å². The molecule has 0 bridgehead atoms. The van der Waals surface area contributed by atoms with Gasteiger partial charge in [0, 0.05) is 52.4 Å². The minimum atomic E-state index is 0.333. The second-order valence-corrected chi connectivity index (χ2v) is 12.8. The molecule has 6 aliphatic rings. The Balaban J connectivity index is 1.41. The highest BCUT2D eigenvalue weighted by molar-refractivity contribution is 5.16. The van der Waals surface area contributed by atoms with Crippen LogP contribution >= 0.6 is 0 Å². The number of piperazine rings is 2. The van der Waals surface area contributed by atoms with Crippen molar-refractivity contribution in [2.24, 2.45) is 34.5 Å². The summed E-state index contributed by atoms with van der Waals surface area (Å²) in [5, 5.41) is 7.33. The normalized spacial score (nSPS) is 48.6. The van der Waals surface area contributed by atoms with E-state index < -0.39 is 0 Å². The van der Waals surface area contributed by atoms with Gasteiger partial charge in [0.15, 0.2) is 0 Å². The zero-order valence-electron chi connectivity index (χ0n) is 20.4. The van der Waals surface area contributed by atoms with Gasteiger partial charge >= 0.3 is 0 Å². The van der Waals surface area contributed by atoms with Crippen LogP contribution in [0.3, 0.4) is 0 Å². The summed E-state index contributed by atoms with van der Waals surface area (Å²) in [6.07, 6.45) is 15.0. The third-order valence-corrected chi connectivity index (χ3v) is 11.8. The molecule has 0 aromatic heterocycles. The van der Waals surface area contributed by atoms with Crippen LogP contribution < -0.4 is 10.6 Å². The monoisotopic (exact) mass is 428 g/mol. The van der Waals surface area contributed by atoms with Gasteiger partial charge in [-0.1, -0.05) is 26.7 Å². The number of rotatable bonds is 2. The Morgan fingerprint density at radius 1 is 0.677 bits per heavy atom. The van der Waals surface area contributed by atoms with Gasteiger partial charge in [-0.2, -0.15) is 0 Å². The van der Waals surface area contributed by atoms with Crippen LogP contribution in [0.4, 0.5) is 0 Å². The van der Waals surface area contributed by atoms with Crippen molar-refractivity contribution in [3.05, 3.63) is 0 Å². The summed E-state index contributed by atoms with van der Waals surface area (Å²) in [5.41, 5.74) is 1.54. The molecular weight excluding hydrogens is 380 g/mol. The minimum Gasteiger partial charge on any atom is -0.314 e. The van der Waals surface area contributed by atoms with Crippen molar-refractivity contribution in [3.8, 4) is 0 Å². The highest BCUT2D eigenvalue weighted by Gasteiger charge is 2.67. The van der Waals surface area contributed by atoms with Crippen LogP contribution in [0.2, 0.25) is 0 Å². The fourth-order valence-corrected chi connectivity index (χ4v) is 10.4. The molecule has 0 unspecified atom stereocenters. The van der Waals surface area contributed by atoms with Crippen LogP contribution in [0.25, 0.3) is 0 Å². The van der Waals surface area contributed by atoms with Crippen molar-refractivity contribution in [2.45, 2.75) is 83.7 Å². The number of nitrogens with one attached hydrogen (secondary N) is 2. The van der Waals surface area contributed by atoms with Gasteiger partial charge in [0.2, 0.25) is 0 Å². The molecule has 6 fully saturated rings. The molecule has 4 heteroatoms. The standard InChI is InChI=1S/C27H48N4/c1-25-10-8-23-22(7-6-21-5-3-4-9-26(21,23)2)24(25)27(12-11-25,30-17-13-28-14-18-30)31-19-15-29-16-20-31/h21-24,28-29H,3-20H2,1-2H3/t21-,22-,23+,24+,25-,26+/m1/s1. The maximum absolute atomic E-state index is 3.67. The van der Waals surface area contributed by atoms with Gasteiger partial charge < -0.3 is 10.6 Å². The summed E-state index contributed by atoms with van der Waals surface area (Å²) in [5.74, 6) is 3.87. The van der Waals surface area contributed by atoms with Crippen molar-refractivity contribution in [1.82, 2.24) is 20.4 Å². The molecule has 0 aromatic carbocycles. The average molecular weight is 429 g/mol. The predicted molar refractivity (Wildman–Crippen MR) is 128 cm³/mol. The lowest BCUT2D eigenvalue weighted by atomic mass is 9.44. The molecule has 6 atom stereocenters. The van der Waals surface area contributed by atoms with Crippen molar-refractivity contribution >= 4 is 0 Å². The Labute approximate surface area is 191 Å². The molecule has 0 aromatic rings. The Morgan fingerprint density at radius 2 is 1.35 bits per heavy atom. The first-order valence-electron chi connectivity index (χ1n) is 14.0. The van der Waals surface area contributed by atoms with Crippen LogP contribution in [0.5, 0.6) is 0 Å². The molecule has 0 spiro atoms. The second-order valence-electron chi connectivity index (χ2n) is 12.8. The molecule has 0 radical (unpaired) electrons. The first kappa shape index (κ1) is 21.4. The van der Waals surface area contributed by atoms with Crippen LogP contribution in [0.1, 0.15) is 78.1 Å². The summed E-state index contributed by atoms with van der Waals surface area (Å²) in [6, 6.07) is 0. The first-order chi connectivity index (χ1) is 15.1. The Hall–Kier alpha value is -0.160. The lowest BCUT2D eigenvalue weighted by Crippen LogP contribution is -2.72. The fraction of sp³-hybridized carbons (Fsp3) is 1.00. The van der Waals surface area contributed by atoms with Crippen LogP contribution in [0, 0.1) is 34.5 Å². The minimum absolute atomic E-state index is 0.333. The van der Waals surface area contributed by atoms with E-state index in [2.05, 4.69) is 34.3 Å². The third kappa shape index (κ3) is 3.14. The third-order valence-electron chi connectivity index (χ3n) is 11.8. The second kappa shape index (κ2) is 7.96. The highest BCUT2D eigenvalue weighted by atomic mass is 15.4. The Morgan fingerprint density at radius 3 is 2.03 bits per heavy atom. The number of hydrogen-bond acceptors (Lipinski definition) is 4. The van der Waals surface area contributed by atoms with E-state index in [1.807, 2.05) is 0 Å². The van der Waals surface area contributed by atoms with E-state index in [4.69, 9.17) is 0 Å². The quantitative estimate of drug-likeness (QED) is 0.698. The smallest absolute Gasteiger partial charge is 0.0776 e. The maximum Gasteiger partial charge on any atom is 0.0776 e. The van der Waals surface area contributed by atoms with Crippen molar-refractivity contribution < 1.29 is 0 Å². The molecule has 4 aliphatic carbocycles. The van der Waals surface area contributed by atoms with Gasteiger partial charge in [0.25, 0.3) is 0 Å². The molecular formula is C27H48N4. The Kier molecular flexibility index (Phi) is 5.49. The lowest BCUT2D eigenvalue weighted by Gasteiger charge is -2.65. The number of hydrogen-bond donors (Lipinski definition) is 2. The molecule has 0 amide bonds. The fourth-order valence-electron chi connectivity index (χ4n) is 10.4. The first-order valence-corrected chi connectivity index (χ1v) is 14.0. The van der Waals surface area contributed by atoms with E-state index >= 15 is 0 Å². The molecule has 176 valence electrons. The largest absolute Gasteiger partial charge is 0.314 e. The van der Waals surface area contributed by atoms with E-state index in [1.165, 1.54) is 117 Å². The van der Waals surface area contributed by atoms with Gasteiger partial charge in [0.1, 0.15) is 0 Å². The molecule has 31 heavy (non-hydrogen) atoms. The summed E-state index contributed by atoms with van der Waals surface area (Å²) in [7, 11) is 0. The summed E-state index contributed by atoms with van der Waals surface area (Å²) >= 11 is 0. The molecule has 2 N–H and O–H groups in total. The van der Waals surface area contributed by atoms with Crippen molar-refractivity contribution in [2.75, 3.05) is 52.4 Å². The molecule has 2 saturated heterocycles. The van der Waals surface area contributed by atoms with Gasteiger partial charge in [-0.05, 0) is 85.9 Å². The van der Waals surface area contributed by atoms with Crippen molar-refractivity contribution in [1.29, 1.82) is 0 Å². The Bertz CT molecular complexity index is 636. The molecule has 4 nitrogen and oxygen atoms in total. The van der Waals surface area contributed by atoms with Gasteiger partial charge in [-0.25, -0.2) is 0 Å². The van der Waals surface area contributed by atoms with E-state index in [-0.39, 0.29) is 0 Å². The molecule has 2 aliphatic heterocycles. The average Bonchev–Trinajstić information content (AvgIpc) is 3.14. The molecule has 6 rings (SSSR count).